The average Bonchev–Trinajstić information content (AvgIpc) is 1.88. The minimum atomic E-state index is -1.60. The minimum absolute atomic E-state index is 0.188. The molecule has 0 saturated heterocycles. The lowest BCUT2D eigenvalue weighted by atomic mass is 10.8. The van der Waals surface area contributed by atoms with Crippen molar-refractivity contribution < 1.29 is 4.21 Å². The average molecular weight is 178 g/mol. The third-order valence-electron chi connectivity index (χ3n) is 0.789. The quantitative estimate of drug-likeness (QED) is 0.662. The van der Waals surface area contributed by atoms with E-state index in [9.17, 15) is 4.21 Å². The molecule has 6 heteroatoms. The van der Waals surface area contributed by atoms with Crippen LogP contribution in [0, 0.1) is 0 Å². The Labute approximate surface area is 65.0 Å². The molecule has 2 N–H and O–H groups in total. The van der Waals surface area contributed by atoms with Gasteiger partial charge in [-0.1, -0.05) is 11.6 Å². The van der Waals surface area contributed by atoms with Gasteiger partial charge in [-0.2, -0.15) is 0 Å². The first-order chi connectivity index (χ1) is 4.70. The van der Waals surface area contributed by atoms with E-state index in [0.717, 1.165) is 0 Å². The first kappa shape index (κ1) is 7.59. The summed E-state index contributed by atoms with van der Waals surface area (Å²) in [5.74, 6) is 0. The predicted molar refractivity (Wildman–Crippen MR) is 37.6 cm³/mol. The molecule has 0 spiro atoms. The highest BCUT2D eigenvalue weighted by Gasteiger charge is 1.99. The molecule has 0 aromatic carbocycles. The van der Waals surface area contributed by atoms with E-state index in [1.165, 1.54) is 12.4 Å². The number of rotatable bonds is 1. The summed E-state index contributed by atoms with van der Waals surface area (Å²) in [6, 6.07) is 0. The second kappa shape index (κ2) is 3.05. The van der Waals surface area contributed by atoms with Gasteiger partial charge in [-0.25, -0.2) is 14.3 Å². The molecule has 1 unspecified atom stereocenters. The van der Waals surface area contributed by atoms with Gasteiger partial charge < -0.3 is 0 Å². The molecule has 0 radical (unpaired) electrons. The molecule has 0 bridgehead atoms. The lowest BCUT2D eigenvalue weighted by Gasteiger charge is -1.92. The first-order valence-corrected chi connectivity index (χ1v) is 3.93. The lowest BCUT2D eigenvalue weighted by molar-refractivity contribution is 0.681. The SMILES string of the molecule is NS(=O)c1cncc(Cl)n1. The highest BCUT2D eigenvalue weighted by atomic mass is 35.5. The van der Waals surface area contributed by atoms with E-state index in [1.807, 2.05) is 0 Å². The number of halogens is 1. The van der Waals surface area contributed by atoms with Crippen molar-refractivity contribution in [2.24, 2.45) is 5.14 Å². The van der Waals surface area contributed by atoms with Crippen LogP contribution < -0.4 is 5.14 Å². The minimum Gasteiger partial charge on any atom is -0.259 e. The molecule has 10 heavy (non-hydrogen) atoms. The largest absolute Gasteiger partial charge is 0.259 e. The number of nitrogens with zero attached hydrogens (tertiary/aromatic N) is 2. The van der Waals surface area contributed by atoms with E-state index < -0.39 is 11.0 Å². The molecule has 4 nitrogen and oxygen atoms in total. The molecule has 1 heterocycles. The summed E-state index contributed by atoms with van der Waals surface area (Å²) in [5, 5.41) is 5.37. The maximum Gasteiger partial charge on any atom is 0.162 e. The van der Waals surface area contributed by atoms with Crippen LogP contribution in [0.25, 0.3) is 0 Å². The number of hydrogen-bond donors (Lipinski definition) is 1. The van der Waals surface area contributed by atoms with Crippen LogP contribution in [0.3, 0.4) is 0 Å². The Morgan fingerprint density at radius 1 is 1.60 bits per heavy atom. The molecular weight excluding hydrogens is 174 g/mol. The number of nitrogens with two attached hydrogens (primary N) is 1. The third kappa shape index (κ3) is 1.73. The van der Waals surface area contributed by atoms with Gasteiger partial charge in [-0.15, -0.1) is 0 Å². The van der Waals surface area contributed by atoms with Crippen molar-refractivity contribution in [3.05, 3.63) is 17.5 Å². The van der Waals surface area contributed by atoms with E-state index in [2.05, 4.69) is 9.97 Å². The Hall–Kier alpha value is -0.520. The summed E-state index contributed by atoms with van der Waals surface area (Å²) >= 11 is 5.43. The highest BCUT2D eigenvalue weighted by molar-refractivity contribution is 7.82. The van der Waals surface area contributed by atoms with Crippen molar-refractivity contribution in [3.8, 4) is 0 Å². The van der Waals surface area contributed by atoms with Crippen LogP contribution in [0.4, 0.5) is 0 Å². The van der Waals surface area contributed by atoms with Crippen LogP contribution in [0.1, 0.15) is 0 Å². The number of aromatic nitrogens is 2. The molecule has 1 atom stereocenters. The topological polar surface area (TPSA) is 68.9 Å². The van der Waals surface area contributed by atoms with Crippen LogP contribution in [0.15, 0.2) is 17.4 Å². The van der Waals surface area contributed by atoms with Crippen molar-refractivity contribution in [2.75, 3.05) is 0 Å². The van der Waals surface area contributed by atoms with E-state index in [-0.39, 0.29) is 10.2 Å². The molecular formula is C4H4ClN3OS. The van der Waals surface area contributed by atoms with Crippen molar-refractivity contribution in [1.82, 2.24) is 9.97 Å². The van der Waals surface area contributed by atoms with Crippen LogP contribution >= 0.6 is 11.6 Å². The Balaban J connectivity index is 3.07. The molecule has 1 aromatic heterocycles. The standard InChI is InChI=1S/C4H4ClN3OS/c5-3-1-7-2-4(8-3)10(6)9/h1-2H,6H2. The summed E-state index contributed by atoms with van der Waals surface area (Å²) in [5.41, 5.74) is 0. The van der Waals surface area contributed by atoms with Crippen LogP contribution in [-0.2, 0) is 11.0 Å². The van der Waals surface area contributed by atoms with Gasteiger partial charge in [0.2, 0.25) is 0 Å². The normalized spacial score (nSPS) is 13.0. The van der Waals surface area contributed by atoms with Gasteiger partial charge in [0.15, 0.2) is 5.03 Å². The zero-order chi connectivity index (χ0) is 7.56. The fourth-order valence-electron chi connectivity index (χ4n) is 0.422. The van der Waals surface area contributed by atoms with Crippen molar-refractivity contribution in [3.63, 3.8) is 0 Å². The van der Waals surface area contributed by atoms with Crippen LogP contribution in [-0.4, -0.2) is 14.2 Å². The fraction of sp³-hybridized carbons (Fsp3) is 0. The second-order valence-corrected chi connectivity index (χ2v) is 2.88. The van der Waals surface area contributed by atoms with Crippen LogP contribution in [0.5, 0.6) is 0 Å². The molecule has 0 fully saturated rings. The third-order valence-corrected chi connectivity index (χ3v) is 1.58. The molecule has 0 amide bonds. The van der Waals surface area contributed by atoms with E-state index in [0.29, 0.717) is 0 Å². The lowest BCUT2D eigenvalue weighted by Crippen LogP contribution is -2.05. The van der Waals surface area contributed by atoms with Gasteiger partial charge >= 0.3 is 0 Å². The second-order valence-electron chi connectivity index (χ2n) is 1.48. The van der Waals surface area contributed by atoms with Gasteiger partial charge in [0, 0.05) is 0 Å². The monoisotopic (exact) mass is 177 g/mol. The van der Waals surface area contributed by atoms with Gasteiger partial charge in [0.05, 0.1) is 12.4 Å². The Kier molecular flexibility index (Phi) is 2.31. The molecule has 0 aliphatic rings. The van der Waals surface area contributed by atoms with E-state index in [1.54, 1.807) is 0 Å². The van der Waals surface area contributed by atoms with Gasteiger partial charge in [0.25, 0.3) is 0 Å². The van der Waals surface area contributed by atoms with Crippen molar-refractivity contribution >= 4 is 22.6 Å². The molecule has 1 rings (SSSR count). The smallest absolute Gasteiger partial charge is 0.162 e. The van der Waals surface area contributed by atoms with Gasteiger partial charge in [0.1, 0.15) is 16.1 Å². The summed E-state index contributed by atoms with van der Waals surface area (Å²) in [7, 11) is -1.60. The molecule has 0 saturated carbocycles. The summed E-state index contributed by atoms with van der Waals surface area (Å²) in [6.07, 6.45) is 2.65. The molecule has 0 aliphatic carbocycles. The number of hydrogen-bond acceptors (Lipinski definition) is 3. The zero-order valence-corrected chi connectivity index (χ0v) is 6.39. The Bertz CT molecular complexity index is 266. The summed E-state index contributed by atoms with van der Waals surface area (Å²) in [4.78, 5) is 7.29. The van der Waals surface area contributed by atoms with E-state index in [4.69, 9.17) is 16.7 Å². The Morgan fingerprint density at radius 3 is 2.70 bits per heavy atom. The van der Waals surface area contributed by atoms with Crippen molar-refractivity contribution in [1.29, 1.82) is 0 Å². The van der Waals surface area contributed by atoms with E-state index >= 15 is 0 Å². The van der Waals surface area contributed by atoms with Gasteiger partial charge in [-0.3, -0.25) is 4.98 Å². The van der Waals surface area contributed by atoms with Gasteiger partial charge in [-0.05, 0) is 0 Å². The van der Waals surface area contributed by atoms with Crippen molar-refractivity contribution in [2.45, 2.75) is 5.03 Å². The first-order valence-electron chi connectivity index (χ1n) is 2.34. The summed E-state index contributed by atoms with van der Waals surface area (Å²) in [6.45, 7) is 0. The molecule has 1 aromatic rings. The predicted octanol–water partition coefficient (Wildman–Crippen LogP) is 0.111. The highest BCUT2D eigenvalue weighted by Crippen LogP contribution is 2.03. The summed E-state index contributed by atoms with van der Waals surface area (Å²) < 4.78 is 10.5. The van der Waals surface area contributed by atoms with Crippen LogP contribution in [0.2, 0.25) is 5.15 Å². The zero-order valence-electron chi connectivity index (χ0n) is 4.82. The Morgan fingerprint density at radius 2 is 2.30 bits per heavy atom. The molecule has 0 aliphatic heterocycles. The maximum absolute atomic E-state index is 10.5. The maximum atomic E-state index is 10.5. The molecule has 54 valence electrons. The fourth-order valence-corrected chi connectivity index (χ4v) is 0.973.